The van der Waals surface area contributed by atoms with Crippen LogP contribution in [0.25, 0.3) is 16.6 Å². The second kappa shape index (κ2) is 8.27. The Bertz CT molecular complexity index is 987. The van der Waals surface area contributed by atoms with Crippen molar-refractivity contribution < 1.29 is 4.79 Å². The lowest BCUT2D eigenvalue weighted by Gasteiger charge is -2.26. The first-order valence-electron chi connectivity index (χ1n) is 10.4. The third-order valence-electron chi connectivity index (χ3n) is 5.82. The van der Waals surface area contributed by atoms with Crippen LogP contribution in [0, 0.1) is 13.8 Å². The predicted octanol–water partition coefficient (Wildman–Crippen LogP) is 3.03. The SMILES string of the molecule is Cc1nc2c3ccccc3nn2c(C)c1CCC(=O)NCCN1CCCCC1. The van der Waals surface area contributed by atoms with Crippen LogP contribution in [0.3, 0.4) is 0 Å². The van der Waals surface area contributed by atoms with Crippen LogP contribution < -0.4 is 5.32 Å². The Labute approximate surface area is 165 Å². The maximum absolute atomic E-state index is 12.3. The molecule has 3 aromatic rings. The first kappa shape index (κ1) is 18.9. The summed E-state index contributed by atoms with van der Waals surface area (Å²) in [5.74, 6) is 0.113. The quantitative estimate of drug-likeness (QED) is 0.715. The summed E-state index contributed by atoms with van der Waals surface area (Å²) in [6.07, 6.45) is 5.07. The summed E-state index contributed by atoms with van der Waals surface area (Å²) in [6, 6.07) is 8.07. The fourth-order valence-electron chi connectivity index (χ4n) is 4.20. The average molecular weight is 380 g/mol. The van der Waals surface area contributed by atoms with Gasteiger partial charge in [-0.15, -0.1) is 0 Å². The third-order valence-corrected chi connectivity index (χ3v) is 5.82. The van der Waals surface area contributed by atoms with Crippen LogP contribution in [0.2, 0.25) is 0 Å². The lowest BCUT2D eigenvalue weighted by molar-refractivity contribution is -0.121. The number of carbonyl (C=O) groups is 1. The Morgan fingerprint density at radius 3 is 2.75 bits per heavy atom. The van der Waals surface area contributed by atoms with Crippen molar-refractivity contribution >= 4 is 22.5 Å². The number of amides is 1. The van der Waals surface area contributed by atoms with Gasteiger partial charge in [0.2, 0.25) is 5.91 Å². The zero-order valence-corrected chi connectivity index (χ0v) is 16.9. The molecule has 28 heavy (non-hydrogen) atoms. The van der Waals surface area contributed by atoms with E-state index >= 15 is 0 Å². The second-order valence-electron chi connectivity index (χ2n) is 7.77. The first-order valence-corrected chi connectivity index (χ1v) is 10.4. The van der Waals surface area contributed by atoms with E-state index in [2.05, 4.69) is 23.2 Å². The van der Waals surface area contributed by atoms with E-state index in [9.17, 15) is 4.79 Å². The van der Waals surface area contributed by atoms with Gasteiger partial charge in [-0.3, -0.25) is 4.79 Å². The Balaban J connectivity index is 1.40. The number of hydrogen-bond acceptors (Lipinski definition) is 4. The number of nitrogens with zero attached hydrogens (tertiary/aromatic N) is 4. The van der Waals surface area contributed by atoms with Crippen LogP contribution in [0.15, 0.2) is 24.3 Å². The molecular weight excluding hydrogens is 350 g/mol. The van der Waals surface area contributed by atoms with E-state index in [1.165, 1.54) is 19.3 Å². The summed E-state index contributed by atoms with van der Waals surface area (Å²) >= 11 is 0. The highest BCUT2D eigenvalue weighted by Crippen LogP contribution is 2.22. The molecule has 0 atom stereocenters. The second-order valence-corrected chi connectivity index (χ2v) is 7.77. The number of piperidine rings is 1. The summed E-state index contributed by atoms with van der Waals surface area (Å²) in [5, 5.41) is 8.83. The maximum atomic E-state index is 12.3. The van der Waals surface area contributed by atoms with Crippen LogP contribution >= 0.6 is 0 Å². The molecule has 1 N–H and O–H groups in total. The number of benzene rings is 1. The molecule has 0 radical (unpaired) electrons. The molecule has 4 rings (SSSR count). The van der Waals surface area contributed by atoms with Crippen molar-refractivity contribution in [1.82, 2.24) is 24.8 Å². The molecular formula is C22H29N5O. The fourth-order valence-corrected chi connectivity index (χ4v) is 4.20. The van der Waals surface area contributed by atoms with Gasteiger partial charge in [0, 0.05) is 36.3 Å². The van der Waals surface area contributed by atoms with Crippen molar-refractivity contribution in [3.05, 3.63) is 41.2 Å². The predicted molar refractivity (Wildman–Crippen MR) is 112 cm³/mol. The van der Waals surface area contributed by atoms with E-state index in [-0.39, 0.29) is 5.91 Å². The number of aromatic nitrogens is 3. The Morgan fingerprint density at radius 2 is 1.93 bits per heavy atom. The summed E-state index contributed by atoms with van der Waals surface area (Å²) in [5.41, 5.74) is 5.01. The summed E-state index contributed by atoms with van der Waals surface area (Å²) in [4.78, 5) is 19.5. The van der Waals surface area contributed by atoms with Gasteiger partial charge in [-0.2, -0.15) is 5.10 Å². The first-order chi connectivity index (χ1) is 13.6. The summed E-state index contributed by atoms with van der Waals surface area (Å²) < 4.78 is 1.92. The van der Waals surface area contributed by atoms with Crippen LogP contribution in [0.5, 0.6) is 0 Å². The number of fused-ring (bicyclic) bond motifs is 3. The molecule has 148 valence electrons. The van der Waals surface area contributed by atoms with Gasteiger partial charge in [0.1, 0.15) is 0 Å². The topological polar surface area (TPSA) is 62.5 Å². The monoisotopic (exact) mass is 379 g/mol. The van der Waals surface area contributed by atoms with Crippen LogP contribution in [0.4, 0.5) is 0 Å². The van der Waals surface area contributed by atoms with Gasteiger partial charge < -0.3 is 10.2 Å². The summed E-state index contributed by atoms with van der Waals surface area (Å²) in [6.45, 7) is 8.11. The number of rotatable bonds is 6. The zero-order chi connectivity index (χ0) is 19.5. The largest absolute Gasteiger partial charge is 0.355 e. The van der Waals surface area contributed by atoms with Crippen LogP contribution in [-0.4, -0.2) is 51.6 Å². The van der Waals surface area contributed by atoms with Gasteiger partial charge in [-0.25, -0.2) is 9.50 Å². The lowest BCUT2D eigenvalue weighted by Crippen LogP contribution is -2.37. The fraction of sp³-hybridized carbons (Fsp3) is 0.500. The number of carbonyl (C=O) groups excluding carboxylic acids is 1. The molecule has 3 heterocycles. The normalized spacial score (nSPS) is 15.4. The van der Waals surface area contributed by atoms with E-state index in [1.54, 1.807) is 0 Å². The molecule has 0 saturated carbocycles. The van der Waals surface area contributed by atoms with Gasteiger partial charge in [0.25, 0.3) is 0 Å². The standard InChI is InChI=1S/C22H29N5O/c1-16-18(10-11-21(28)23-12-15-26-13-6-3-7-14-26)17(2)27-22(24-16)19-8-4-5-9-20(19)25-27/h4-5,8-9H,3,6-7,10-15H2,1-2H3,(H,23,28). The maximum Gasteiger partial charge on any atom is 0.220 e. The molecule has 1 aliphatic heterocycles. The highest BCUT2D eigenvalue weighted by molar-refractivity contribution is 5.92. The van der Waals surface area contributed by atoms with E-state index in [0.29, 0.717) is 12.8 Å². The molecule has 6 nitrogen and oxygen atoms in total. The van der Waals surface area contributed by atoms with Crippen molar-refractivity contribution in [2.45, 2.75) is 46.0 Å². The van der Waals surface area contributed by atoms with Crippen LogP contribution in [-0.2, 0) is 11.2 Å². The van der Waals surface area contributed by atoms with Gasteiger partial charge in [0.05, 0.1) is 5.52 Å². The van der Waals surface area contributed by atoms with Crippen molar-refractivity contribution in [3.63, 3.8) is 0 Å². The third kappa shape index (κ3) is 3.87. The molecule has 6 heteroatoms. The van der Waals surface area contributed by atoms with Gasteiger partial charge in [0.15, 0.2) is 5.65 Å². The summed E-state index contributed by atoms with van der Waals surface area (Å²) in [7, 11) is 0. The van der Waals surface area contributed by atoms with E-state index < -0.39 is 0 Å². The average Bonchev–Trinajstić information content (AvgIpc) is 3.07. The van der Waals surface area contributed by atoms with E-state index in [4.69, 9.17) is 10.1 Å². The lowest BCUT2D eigenvalue weighted by atomic mass is 10.1. The highest BCUT2D eigenvalue weighted by atomic mass is 16.1. The number of likely N-dealkylation sites (tertiary alicyclic amines) is 1. The molecule has 1 fully saturated rings. The smallest absolute Gasteiger partial charge is 0.220 e. The minimum Gasteiger partial charge on any atom is -0.355 e. The molecule has 0 unspecified atom stereocenters. The van der Waals surface area contributed by atoms with Gasteiger partial charge >= 0.3 is 0 Å². The minimum absolute atomic E-state index is 0.113. The number of hydrogen-bond donors (Lipinski definition) is 1. The molecule has 0 aliphatic carbocycles. The zero-order valence-electron chi connectivity index (χ0n) is 16.9. The molecule has 1 aliphatic rings. The highest BCUT2D eigenvalue weighted by Gasteiger charge is 2.15. The molecule has 2 aromatic heterocycles. The van der Waals surface area contributed by atoms with Crippen LogP contribution in [0.1, 0.15) is 42.6 Å². The van der Waals surface area contributed by atoms with Crippen molar-refractivity contribution in [3.8, 4) is 0 Å². The Kier molecular flexibility index (Phi) is 5.57. The molecule has 0 bridgehead atoms. The Hall–Kier alpha value is -2.47. The van der Waals surface area contributed by atoms with E-state index in [1.807, 2.05) is 29.6 Å². The van der Waals surface area contributed by atoms with Gasteiger partial charge in [-0.1, -0.05) is 18.6 Å². The number of aryl methyl sites for hydroxylation is 2. The molecule has 1 saturated heterocycles. The Morgan fingerprint density at radius 1 is 1.14 bits per heavy atom. The minimum atomic E-state index is 0.113. The molecule has 1 amide bonds. The van der Waals surface area contributed by atoms with E-state index in [0.717, 1.165) is 59.7 Å². The molecule has 1 aromatic carbocycles. The van der Waals surface area contributed by atoms with Crippen molar-refractivity contribution in [2.75, 3.05) is 26.2 Å². The van der Waals surface area contributed by atoms with Crippen molar-refractivity contribution in [1.29, 1.82) is 0 Å². The van der Waals surface area contributed by atoms with Gasteiger partial charge in [-0.05, 0) is 63.9 Å². The molecule has 0 spiro atoms. The van der Waals surface area contributed by atoms with Crippen molar-refractivity contribution in [2.24, 2.45) is 0 Å². The number of nitrogens with one attached hydrogen (secondary N) is 1.